The van der Waals surface area contributed by atoms with Crippen LogP contribution in [0.1, 0.15) is 25.6 Å². The van der Waals surface area contributed by atoms with Crippen molar-refractivity contribution in [3.63, 3.8) is 0 Å². The van der Waals surface area contributed by atoms with Crippen molar-refractivity contribution >= 4 is 23.5 Å². The fraction of sp³-hybridized carbons (Fsp3) is 0.583. The van der Waals surface area contributed by atoms with Crippen molar-refractivity contribution in [1.82, 2.24) is 14.9 Å². The Kier molecular flexibility index (Phi) is 4.98. The molecule has 0 unspecified atom stereocenters. The molecule has 1 aliphatic heterocycles. The summed E-state index contributed by atoms with van der Waals surface area (Å²) in [4.78, 5) is 22.5. The predicted molar refractivity (Wildman–Crippen MR) is 75.8 cm³/mol. The Morgan fingerprint density at radius 3 is 2.84 bits per heavy atom. The molecule has 1 fully saturated rings. The van der Waals surface area contributed by atoms with Crippen molar-refractivity contribution in [3.8, 4) is 0 Å². The van der Waals surface area contributed by atoms with Crippen LogP contribution in [0.15, 0.2) is 11.1 Å². The molecule has 0 atom stereocenters. The smallest absolute Gasteiger partial charge is 0.232 e. The van der Waals surface area contributed by atoms with Crippen molar-refractivity contribution in [2.75, 3.05) is 24.3 Å². The number of rotatable bonds is 5. The number of thioether (sulfide) groups is 1. The SMILES string of the molecule is CCc1nc(NN)cc(SCC(=O)N2CCCC2)n1. The summed E-state index contributed by atoms with van der Waals surface area (Å²) < 4.78 is 0. The average Bonchev–Trinajstić information content (AvgIpc) is 2.98. The van der Waals surface area contributed by atoms with Gasteiger partial charge < -0.3 is 10.3 Å². The van der Waals surface area contributed by atoms with E-state index >= 15 is 0 Å². The van der Waals surface area contributed by atoms with E-state index in [1.807, 2.05) is 11.8 Å². The fourth-order valence-corrected chi connectivity index (χ4v) is 2.79. The van der Waals surface area contributed by atoms with Crippen LogP contribution in [-0.2, 0) is 11.2 Å². The minimum atomic E-state index is 0.182. The number of amides is 1. The fourth-order valence-electron chi connectivity index (χ4n) is 1.97. The van der Waals surface area contributed by atoms with Gasteiger partial charge in [-0.3, -0.25) is 4.79 Å². The Morgan fingerprint density at radius 2 is 2.21 bits per heavy atom. The third kappa shape index (κ3) is 3.81. The number of nitrogens with one attached hydrogen (secondary N) is 1. The molecule has 0 radical (unpaired) electrons. The zero-order valence-corrected chi connectivity index (χ0v) is 11.9. The van der Waals surface area contributed by atoms with Gasteiger partial charge in [-0.05, 0) is 12.8 Å². The van der Waals surface area contributed by atoms with Crippen LogP contribution in [0.3, 0.4) is 0 Å². The van der Waals surface area contributed by atoms with Crippen LogP contribution in [-0.4, -0.2) is 39.6 Å². The number of aromatic nitrogens is 2. The molecule has 1 aliphatic rings. The van der Waals surface area contributed by atoms with E-state index in [-0.39, 0.29) is 5.91 Å². The number of carbonyl (C=O) groups is 1. The minimum Gasteiger partial charge on any atom is -0.342 e. The van der Waals surface area contributed by atoms with Gasteiger partial charge in [-0.1, -0.05) is 18.7 Å². The molecule has 1 amide bonds. The van der Waals surface area contributed by atoms with E-state index in [4.69, 9.17) is 5.84 Å². The first-order valence-electron chi connectivity index (χ1n) is 6.48. The maximum absolute atomic E-state index is 11.9. The molecule has 1 saturated heterocycles. The Bertz CT molecular complexity index is 425. The first-order valence-corrected chi connectivity index (χ1v) is 7.46. The van der Waals surface area contributed by atoms with Crippen molar-refractivity contribution in [2.24, 2.45) is 5.84 Å². The number of likely N-dealkylation sites (tertiary alicyclic amines) is 1. The molecule has 0 spiro atoms. The Labute approximate surface area is 117 Å². The van der Waals surface area contributed by atoms with Gasteiger partial charge in [0.15, 0.2) is 0 Å². The van der Waals surface area contributed by atoms with Crippen LogP contribution < -0.4 is 11.3 Å². The van der Waals surface area contributed by atoms with Gasteiger partial charge in [0, 0.05) is 25.6 Å². The molecule has 1 aromatic heterocycles. The molecule has 2 heterocycles. The minimum absolute atomic E-state index is 0.182. The predicted octanol–water partition coefficient (Wildman–Crippen LogP) is 1.04. The lowest BCUT2D eigenvalue weighted by Crippen LogP contribution is -2.29. The van der Waals surface area contributed by atoms with Gasteiger partial charge in [-0.15, -0.1) is 0 Å². The van der Waals surface area contributed by atoms with Crippen LogP contribution >= 0.6 is 11.8 Å². The standard InChI is InChI=1S/C12H19N5OS/c1-2-9-14-10(16-13)7-11(15-9)19-8-12(18)17-5-3-4-6-17/h7H,2-6,8,13H2,1H3,(H,14,15,16). The number of hydrazine groups is 1. The second kappa shape index (κ2) is 6.72. The van der Waals surface area contributed by atoms with Gasteiger partial charge in [-0.25, -0.2) is 15.8 Å². The average molecular weight is 281 g/mol. The van der Waals surface area contributed by atoms with E-state index in [9.17, 15) is 4.79 Å². The largest absolute Gasteiger partial charge is 0.342 e. The molecule has 0 bridgehead atoms. The van der Waals surface area contributed by atoms with E-state index in [2.05, 4.69) is 15.4 Å². The molecule has 7 heteroatoms. The highest BCUT2D eigenvalue weighted by Gasteiger charge is 2.18. The number of anilines is 1. The highest BCUT2D eigenvalue weighted by molar-refractivity contribution is 7.99. The van der Waals surface area contributed by atoms with Gasteiger partial charge in [-0.2, -0.15) is 0 Å². The molecule has 104 valence electrons. The maximum Gasteiger partial charge on any atom is 0.232 e. The van der Waals surface area contributed by atoms with E-state index < -0.39 is 0 Å². The van der Waals surface area contributed by atoms with Gasteiger partial charge in [0.05, 0.1) is 5.75 Å². The second-order valence-corrected chi connectivity index (χ2v) is 5.38. The van der Waals surface area contributed by atoms with Crippen LogP contribution in [0.25, 0.3) is 0 Å². The molecule has 6 nitrogen and oxygen atoms in total. The van der Waals surface area contributed by atoms with Gasteiger partial charge in [0.25, 0.3) is 0 Å². The lowest BCUT2D eigenvalue weighted by Gasteiger charge is -2.14. The highest BCUT2D eigenvalue weighted by Crippen LogP contribution is 2.20. The normalized spacial score (nSPS) is 14.7. The van der Waals surface area contributed by atoms with Crippen LogP contribution in [0, 0.1) is 0 Å². The van der Waals surface area contributed by atoms with E-state index in [1.54, 1.807) is 6.07 Å². The summed E-state index contributed by atoms with van der Waals surface area (Å²) in [5, 5.41) is 0.785. The number of carbonyl (C=O) groups excluding carboxylic acids is 1. The second-order valence-electron chi connectivity index (χ2n) is 4.38. The third-order valence-corrected chi connectivity index (χ3v) is 3.91. The topological polar surface area (TPSA) is 84.1 Å². The molecule has 3 N–H and O–H groups in total. The number of nitrogen functional groups attached to an aromatic ring is 1. The third-order valence-electron chi connectivity index (χ3n) is 3.02. The first kappa shape index (κ1) is 14.1. The molecule has 1 aromatic rings. The lowest BCUT2D eigenvalue weighted by atomic mass is 10.4. The number of hydrogen-bond acceptors (Lipinski definition) is 6. The summed E-state index contributed by atoms with van der Waals surface area (Å²) in [6.07, 6.45) is 2.97. The summed E-state index contributed by atoms with van der Waals surface area (Å²) in [5.74, 6) is 7.29. The van der Waals surface area contributed by atoms with Crippen LogP contribution in [0.5, 0.6) is 0 Å². The molecule has 2 rings (SSSR count). The van der Waals surface area contributed by atoms with Crippen molar-refractivity contribution < 1.29 is 4.79 Å². The maximum atomic E-state index is 11.9. The molecule has 0 aromatic carbocycles. The van der Waals surface area contributed by atoms with Crippen molar-refractivity contribution in [3.05, 3.63) is 11.9 Å². The van der Waals surface area contributed by atoms with E-state index in [0.29, 0.717) is 11.6 Å². The zero-order chi connectivity index (χ0) is 13.7. The van der Waals surface area contributed by atoms with Crippen LogP contribution in [0.4, 0.5) is 5.82 Å². The number of hydrogen-bond donors (Lipinski definition) is 2. The monoisotopic (exact) mass is 281 g/mol. The van der Waals surface area contributed by atoms with Gasteiger partial charge in [0.2, 0.25) is 5.91 Å². The summed E-state index contributed by atoms with van der Waals surface area (Å²) in [7, 11) is 0. The quantitative estimate of drug-likeness (QED) is 0.363. The van der Waals surface area contributed by atoms with E-state index in [1.165, 1.54) is 11.8 Å². The summed E-state index contributed by atoms with van der Waals surface area (Å²) in [6, 6.07) is 1.76. The van der Waals surface area contributed by atoms with Crippen molar-refractivity contribution in [2.45, 2.75) is 31.2 Å². The van der Waals surface area contributed by atoms with Crippen LogP contribution in [0.2, 0.25) is 0 Å². The number of aryl methyl sites for hydroxylation is 1. The van der Waals surface area contributed by atoms with Gasteiger partial charge >= 0.3 is 0 Å². The Morgan fingerprint density at radius 1 is 1.47 bits per heavy atom. The summed E-state index contributed by atoms with van der Waals surface area (Å²) >= 11 is 1.44. The number of nitrogens with two attached hydrogens (primary N) is 1. The summed E-state index contributed by atoms with van der Waals surface area (Å²) in [6.45, 7) is 3.76. The molecular weight excluding hydrogens is 262 g/mol. The first-order chi connectivity index (χ1) is 9.22. The molecular formula is C12H19N5OS. The lowest BCUT2D eigenvalue weighted by molar-refractivity contribution is -0.127. The van der Waals surface area contributed by atoms with Crippen molar-refractivity contribution in [1.29, 1.82) is 0 Å². The Hall–Kier alpha value is -1.34. The number of nitrogens with zero attached hydrogens (tertiary/aromatic N) is 3. The zero-order valence-electron chi connectivity index (χ0n) is 11.1. The van der Waals surface area contributed by atoms with Gasteiger partial charge in [0.1, 0.15) is 16.7 Å². The summed E-state index contributed by atoms with van der Waals surface area (Å²) in [5.41, 5.74) is 2.53. The highest BCUT2D eigenvalue weighted by atomic mass is 32.2. The molecule has 0 aliphatic carbocycles. The molecule has 19 heavy (non-hydrogen) atoms. The Balaban J connectivity index is 1.96. The van der Waals surface area contributed by atoms with E-state index in [0.717, 1.165) is 43.2 Å². The molecule has 0 saturated carbocycles.